The molecule has 0 bridgehead atoms. The van der Waals surface area contributed by atoms with Crippen LogP contribution in [0, 0.1) is 0 Å². The second-order valence-electron chi connectivity index (χ2n) is 4.68. The third-order valence-electron chi connectivity index (χ3n) is 3.44. The molecule has 0 radical (unpaired) electrons. The van der Waals surface area contributed by atoms with E-state index in [0.29, 0.717) is 23.5 Å². The summed E-state index contributed by atoms with van der Waals surface area (Å²) in [5, 5.41) is 0. The number of nitrogen functional groups attached to an aromatic ring is 2. The number of hydrogen-bond donors (Lipinski definition) is 2. The molecule has 0 aliphatic carbocycles. The zero-order valence-electron chi connectivity index (χ0n) is 10.5. The number of anilines is 3. The Hall–Kier alpha value is -2.49. The standard InChI is InChI=1S/C15H15N3O/c16-11-5-6-12(13(17)9-11)15(19)18-8-7-10-3-1-2-4-14(10)18/h1-6,9H,7-8,16-17H2. The molecule has 1 amide bonds. The van der Waals surface area contributed by atoms with Gasteiger partial charge in [-0.2, -0.15) is 0 Å². The molecule has 0 unspecified atom stereocenters. The van der Waals surface area contributed by atoms with Crippen LogP contribution in [0.4, 0.5) is 17.1 Å². The Morgan fingerprint density at radius 1 is 1.11 bits per heavy atom. The summed E-state index contributed by atoms with van der Waals surface area (Å²) in [7, 11) is 0. The van der Waals surface area contributed by atoms with Gasteiger partial charge in [-0.05, 0) is 36.2 Å². The number of nitrogens with zero attached hydrogens (tertiary/aromatic N) is 1. The molecule has 4 N–H and O–H groups in total. The van der Waals surface area contributed by atoms with Gasteiger partial charge in [0.15, 0.2) is 0 Å². The van der Waals surface area contributed by atoms with E-state index in [1.807, 2.05) is 18.2 Å². The van der Waals surface area contributed by atoms with Crippen molar-refractivity contribution >= 4 is 23.0 Å². The average molecular weight is 253 g/mol. The van der Waals surface area contributed by atoms with Gasteiger partial charge in [0.25, 0.3) is 5.91 Å². The predicted octanol–water partition coefficient (Wildman–Crippen LogP) is 2.05. The fourth-order valence-corrected chi connectivity index (χ4v) is 2.47. The zero-order chi connectivity index (χ0) is 13.4. The third-order valence-corrected chi connectivity index (χ3v) is 3.44. The van der Waals surface area contributed by atoms with Crippen LogP contribution >= 0.6 is 0 Å². The summed E-state index contributed by atoms with van der Waals surface area (Å²) in [5.74, 6) is -0.0672. The van der Waals surface area contributed by atoms with Gasteiger partial charge < -0.3 is 16.4 Å². The van der Waals surface area contributed by atoms with Crippen molar-refractivity contribution in [2.24, 2.45) is 0 Å². The molecule has 4 heteroatoms. The van der Waals surface area contributed by atoms with Crippen molar-refractivity contribution in [3.8, 4) is 0 Å². The van der Waals surface area contributed by atoms with Crippen LogP contribution in [0.1, 0.15) is 15.9 Å². The summed E-state index contributed by atoms with van der Waals surface area (Å²) < 4.78 is 0. The Kier molecular flexibility index (Phi) is 2.63. The summed E-state index contributed by atoms with van der Waals surface area (Å²) in [6, 6.07) is 13.0. The summed E-state index contributed by atoms with van der Waals surface area (Å²) >= 11 is 0. The molecule has 0 saturated heterocycles. The monoisotopic (exact) mass is 253 g/mol. The van der Waals surface area contributed by atoms with Crippen LogP contribution in [-0.2, 0) is 6.42 Å². The summed E-state index contributed by atoms with van der Waals surface area (Å²) in [6.07, 6.45) is 0.886. The molecular formula is C15H15N3O. The van der Waals surface area contributed by atoms with Gasteiger partial charge in [0.05, 0.1) is 5.56 Å². The number of rotatable bonds is 1. The van der Waals surface area contributed by atoms with E-state index in [-0.39, 0.29) is 5.91 Å². The second kappa shape index (κ2) is 4.31. The van der Waals surface area contributed by atoms with Crippen molar-refractivity contribution in [3.63, 3.8) is 0 Å². The highest BCUT2D eigenvalue weighted by Crippen LogP contribution is 2.30. The fraction of sp³-hybridized carbons (Fsp3) is 0.133. The topological polar surface area (TPSA) is 72.4 Å². The SMILES string of the molecule is Nc1ccc(C(=O)N2CCc3ccccc32)c(N)c1. The lowest BCUT2D eigenvalue weighted by Crippen LogP contribution is -2.29. The Morgan fingerprint density at radius 3 is 2.68 bits per heavy atom. The van der Waals surface area contributed by atoms with E-state index in [9.17, 15) is 4.79 Å². The first-order valence-electron chi connectivity index (χ1n) is 6.21. The molecule has 3 rings (SSSR count). The minimum absolute atomic E-state index is 0.0672. The molecule has 4 nitrogen and oxygen atoms in total. The van der Waals surface area contributed by atoms with Crippen molar-refractivity contribution in [2.75, 3.05) is 22.9 Å². The molecule has 1 aliphatic heterocycles. The van der Waals surface area contributed by atoms with Crippen LogP contribution in [0.3, 0.4) is 0 Å². The number of hydrogen-bond acceptors (Lipinski definition) is 3. The van der Waals surface area contributed by atoms with Crippen LogP contribution < -0.4 is 16.4 Å². The summed E-state index contributed by atoms with van der Waals surface area (Å²) in [6.45, 7) is 0.696. The highest BCUT2D eigenvalue weighted by atomic mass is 16.2. The van der Waals surface area contributed by atoms with Crippen molar-refractivity contribution < 1.29 is 4.79 Å². The van der Waals surface area contributed by atoms with Gasteiger partial charge in [-0.3, -0.25) is 4.79 Å². The fourth-order valence-electron chi connectivity index (χ4n) is 2.47. The Labute approximate surface area is 111 Å². The first-order chi connectivity index (χ1) is 9.16. The van der Waals surface area contributed by atoms with Crippen molar-refractivity contribution in [3.05, 3.63) is 53.6 Å². The molecule has 19 heavy (non-hydrogen) atoms. The van der Waals surface area contributed by atoms with Gasteiger partial charge in [0.1, 0.15) is 0 Å². The van der Waals surface area contributed by atoms with E-state index in [2.05, 4.69) is 6.07 Å². The molecule has 1 heterocycles. The van der Waals surface area contributed by atoms with Gasteiger partial charge in [-0.1, -0.05) is 18.2 Å². The van der Waals surface area contributed by atoms with E-state index < -0.39 is 0 Å². The molecular weight excluding hydrogens is 238 g/mol. The lowest BCUT2D eigenvalue weighted by molar-refractivity contribution is 0.0990. The number of carbonyl (C=O) groups excluding carboxylic acids is 1. The minimum atomic E-state index is -0.0672. The largest absolute Gasteiger partial charge is 0.399 e. The van der Waals surface area contributed by atoms with Gasteiger partial charge in [0.2, 0.25) is 0 Å². The average Bonchev–Trinajstić information content (AvgIpc) is 2.82. The van der Waals surface area contributed by atoms with Crippen LogP contribution in [-0.4, -0.2) is 12.5 Å². The molecule has 0 aromatic heterocycles. The van der Waals surface area contributed by atoms with Crippen molar-refractivity contribution in [2.45, 2.75) is 6.42 Å². The van der Waals surface area contributed by atoms with Gasteiger partial charge in [-0.15, -0.1) is 0 Å². The lowest BCUT2D eigenvalue weighted by Gasteiger charge is -2.18. The number of para-hydroxylation sites is 1. The number of amides is 1. The quantitative estimate of drug-likeness (QED) is 0.764. The number of carbonyl (C=O) groups is 1. The van der Waals surface area contributed by atoms with Crippen LogP contribution in [0.25, 0.3) is 0 Å². The van der Waals surface area contributed by atoms with Gasteiger partial charge >= 0.3 is 0 Å². The summed E-state index contributed by atoms with van der Waals surface area (Å²) in [5.41, 5.74) is 15.2. The van der Waals surface area contributed by atoms with Crippen LogP contribution in [0.15, 0.2) is 42.5 Å². The number of nitrogens with two attached hydrogens (primary N) is 2. The van der Waals surface area contributed by atoms with Crippen molar-refractivity contribution in [1.29, 1.82) is 0 Å². The van der Waals surface area contributed by atoms with E-state index in [1.165, 1.54) is 5.56 Å². The van der Waals surface area contributed by atoms with Crippen LogP contribution in [0.2, 0.25) is 0 Å². The van der Waals surface area contributed by atoms with E-state index >= 15 is 0 Å². The molecule has 2 aromatic carbocycles. The van der Waals surface area contributed by atoms with E-state index in [1.54, 1.807) is 23.1 Å². The molecule has 1 aliphatic rings. The Morgan fingerprint density at radius 2 is 1.89 bits per heavy atom. The Balaban J connectivity index is 1.98. The molecule has 2 aromatic rings. The normalized spacial score (nSPS) is 13.4. The molecule has 0 spiro atoms. The highest BCUT2D eigenvalue weighted by Gasteiger charge is 2.26. The van der Waals surface area contributed by atoms with E-state index in [0.717, 1.165) is 12.1 Å². The van der Waals surface area contributed by atoms with Crippen molar-refractivity contribution in [1.82, 2.24) is 0 Å². The first-order valence-corrected chi connectivity index (χ1v) is 6.21. The Bertz CT molecular complexity index is 652. The molecule has 0 saturated carbocycles. The third kappa shape index (κ3) is 1.91. The molecule has 0 fully saturated rings. The maximum Gasteiger partial charge on any atom is 0.260 e. The maximum atomic E-state index is 12.5. The van der Waals surface area contributed by atoms with E-state index in [4.69, 9.17) is 11.5 Å². The number of fused-ring (bicyclic) bond motifs is 1. The second-order valence-corrected chi connectivity index (χ2v) is 4.68. The lowest BCUT2D eigenvalue weighted by atomic mass is 10.1. The minimum Gasteiger partial charge on any atom is -0.399 e. The van der Waals surface area contributed by atoms with Gasteiger partial charge in [0, 0.05) is 23.6 Å². The smallest absolute Gasteiger partial charge is 0.260 e. The highest BCUT2D eigenvalue weighted by molar-refractivity contribution is 6.10. The molecule has 0 atom stereocenters. The maximum absolute atomic E-state index is 12.5. The van der Waals surface area contributed by atoms with Gasteiger partial charge in [-0.25, -0.2) is 0 Å². The summed E-state index contributed by atoms with van der Waals surface area (Å²) in [4.78, 5) is 14.3. The zero-order valence-corrected chi connectivity index (χ0v) is 10.5. The van der Waals surface area contributed by atoms with Crippen LogP contribution in [0.5, 0.6) is 0 Å². The molecule has 96 valence electrons. The first kappa shape index (κ1) is 11.6. The number of benzene rings is 2. The predicted molar refractivity (Wildman–Crippen MR) is 77.1 cm³/mol.